The van der Waals surface area contributed by atoms with Crippen LogP contribution < -0.4 is 10.6 Å². The van der Waals surface area contributed by atoms with E-state index in [0.29, 0.717) is 12.3 Å². The molecule has 0 aromatic carbocycles. The predicted molar refractivity (Wildman–Crippen MR) is 91.3 cm³/mol. The highest BCUT2D eigenvalue weighted by atomic mass is 32.2. The van der Waals surface area contributed by atoms with Crippen LogP contribution in [0.5, 0.6) is 0 Å². The molecule has 2 aliphatic rings. The largest absolute Gasteiger partial charge is 0.350 e. The Hall–Kier alpha value is -1.01. The molecule has 1 aromatic heterocycles. The summed E-state index contributed by atoms with van der Waals surface area (Å²) in [5, 5.41) is 8.00. The Balaban J connectivity index is 1.57. The van der Waals surface area contributed by atoms with Crippen LogP contribution >= 0.6 is 23.1 Å². The summed E-state index contributed by atoms with van der Waals surface area (Å²) < 4.78 is -0.441. The molecule has 2 heterocycles. The van der Waals surface area contributed by atoms with Crippen molar-refractivity contribution in [2.45, 2.75) is 56.9 Å². The van der Waals surface area contributed by atoms with Gasteiger partial charge in [0.1, 0.15) is 6.04 Å². The van der Waals surface area contributed by atoms with E-state index in [1.54, 1.807) is 11.8 Å². The predicted octanol–water partition coefficient (Wildman–Crippen LogP) is 2.25. The molecule has 1 aliphatic carbocycles. The normalized spacial score (nSPS) is 23.5. The van der Waals surface area contributed by atoms with Crippen LogP contribution in [-0.2, 0) is 29.0 Å². The molecule has 0 radical (unpaired) electrons. The van der Waals surface area contributed by atoms with Gasteiger partial charge >= 0.3 is 0 Å². The van der Waals surface area contributed by atoms with Crippen molar-refractivity contribution in [1.82, 2.24) is 10.6 Å². The zero-order valence-corrected chi connectivity index (χ0v) is 14.7. The Labute approximate surface area is 139 Å². The molecule has 3 rings (SSSR count). The fourth-order valence-corrected chi connectivity index (χ4v) is 5.04. The van der Waals surface area contributed by atoms with E-state index in [2.05, 4.69) is 16.0 Å². The molecular formula is C16H22N2O2S2. The van der Waals surface area contributed by atoms with Crippen LogP contribution in [-0.4, -0.2) is 28.4 Å². The summed E-state index contributed by atoms with van der Waals surface area (Å²) in [6.07, 6.45) is 4.84. The maximum Gasteiger partial charge on any atom is 0.243 e. The van der Waals surface area contributed by atoms with Crippen LogP contribution in [0.15, 0.2) is 5.38 Å². The van der Waals surface area contributed by atoms with E-state index < -0.39 is 10.8 Å². The number of thiophene rings is 1. The minimum atomic E-state index is -0.441. The maximum atomic E-state index is 12.3. The summed E-state index contributed by atoms with van der Waals surface area (Å²) >= 11 is 3.35. The zero-order valence-electron chi connectivity index (χ0n) is 13.0. The van der Waals surface area contributed by atoms with Crippen LogP contribution in [0.2, 0.25) is 0 Å². The van der Waals surface area contributed by atoms with Gasteiger partial charge in [0.25, 0.3) is 0 Å². The third-order valence-corrected chi connectivity index (χ3v) is 6.93. The molecule has 0 saturated carbocycles. The van der Waals surface area contributed by atoms with Crippen molar-refractivity contribution in [3.63, 3.8) is 0 Å². The van der Waals surface area contributed by atoms with Gasteiger partial charge in [0.15, 0.2) is 0 Å². The number of amides is 2. The first-order chi connectivity index (χ1) is 10.5. The number of carbonyl (C=O) groups is 2. The summed E-state index contributed by atoms with van der Waals surface area (Å²) in [4.78, 5) is 25.7. The van der Waals surface area contributed by atoms with Crippen LogP contribution in [0.3, 0.4) is 0 Å². The smallest absolute Gasteiger partial charge is 0.243 e. The average molecular weight is 338 g/mol. The number of nitrogens with one attached hydrogen (secondary N) is 2. The second-order valence-corrected chi connectivity index (χ2v) is 9.04. The first-order valence-electron chi connectivity index (χ1n) is 7.78. The summed E-state index contributed by atoms with van der Waals surface area (Å²) in [6.45, 7) is 4.35. The molecule has 120 valence electrons. The van der Waals surface area contributed by atoms with Gasteiger partial charge < -0.3 is 10.6 Å². The number of carbonyl (C=O) groups excluding carboxylic acids is 2. The molecule has 1 aromatic rings. The summed E-state index contributed by atoms with van der Waals surface area (Å²) in [5.41, 5.74) is 2.70. The van der Waals surface area contributed by atoms with Gasteiger partial charge in [-0.05, 0) is 56.0 Å². The van der Waals surface area contributed by atoms with Crippen LogP contribution in [0.1, 0.15) is 42.7 Å². The highest BCUT2D eigenvalue weighted by Gasteiger charge is 2.37. The molecule has 0 bridgehead atoms. The van der Waals surface area contributed by atoms with Crippen molar-refractivity contribution in [2.24, 2.45) is 0 Å². The van der Waals surface area contributed by atoms with Crippen LogP contribution in [0.25, 0.3) is 0 Å². The lowest BCUT2D eigenvalue weighted by atomic mass is 9.96. The molecule has 1 atom stereocenters. The number of hydrogen-bond acceptors (Lipinski definition) is 4. The first kappa shape index (κ1) is 15.9. The van der Waals surface area contributed by atoms with E-state index in [1.807, 2.05) is 25.2 Å². The average Bonchev–Trinajstić information content (AvgIpc) is 2.91. The van der Waals surface area contributed by atoms with Crippen molar-refractivity contribution < 1.29 is 9.59 Å². The van der Waals surface area contributed by atoms with Gasteiger partial charge in [-0.25, -0.2) is 0 Å². The molecule has 4 nitrogen and oxygen atoms in total. The van der Waals surface area contributed by atoms with Crippen molar-refractivity contribution in [1.29, 1.82) is 0 Å². The summed E-state index contributed by atoms with van der Waals surface area (Å²) in [6, 6.07) is -0.417. The maximum absolute atomic E-state index is 12.3. The Kier molecular flexibility index (Phi) is 4.50. The Morgan fingerprint density at radius 2 is 2.18 bits per heavy atom. The SMILES string of the molecule is CC1(C)SCC(C(=O)NCc2csc3c2CCCC3)NC1=O. The van der Waals surface area contributed by atoms with Crippen molar-refractivity contribution in [3.05, 3.63) is 21.4 Å². The number of aryl methyl sites for hydroxylation is 1. The van der Waals surface area contributed by atoms with E-state index in [4.69, 9.17) is 0 Å². The minimum Gasteiger partial charge on any atom is -0.350 e. The van der Waals surface area contributed by atoms with Gasteiger partial charge in [-0.2, -0.15) is 0 Å². The summed E-state index contributed by atoms with van der Waals surface area (Å²) in [7, 11) is 0. The second kappa shape index (κ2) is 6.24. The Bertz CT molecular complexity index is 595. The lowest BCUT2D eigenvalue weighted by Gasteiger charge is -2.32. The van der Waals surface area contributed by atoms with Crippen LogP contribution in [0, 0.1) is 0 Å². The van der Waals surface area contributed by atoms with Crippen molar-refractivity contribution in [3.8, 4) is 0 Å². The lowest BCUT2D eigenvalue weighted by molar-refractivity contribution is -0.129. The number of thioether (sulfide) groups is 1. The molecule has 22 heavy (non-hydrogen) atoms. The molecule has 2 N–H and O–H groups in total. The minimum absolute atomic E-state index is 0.0585. The van der Waals surface area contributed by atoms with Gasteiger partial charge in [0.05, 0.1) is 4.75 Å². The molecule has 2 amide bonds. The van der Waals surface area contributed by atoms with E-state index in [9.17, 15) is 9.59 Å². The highest BCUT2D eigenvalue weighted by molar-refractivity contribution is 8.01. The van der Waals surface area contributed by atoms with Gasteiger partial charge in [-0.3, -0.25) is 9.59 Å². The molecule has 0 spiro atoms. The fourth-order valence-electron chi connectivity index (χ4n) is 2.89. The number of rotatable bonds is 3. The second-order valence-electron chi connectivity index (χ2n) is 6.43. The standard InChI is InChI=1S/C16H22N2O2S2/c1-16(2)15(20)18-12(9-22-16)14(19)17-7-10-8-21-13-6-4-3-5-11(10)13/h8,12H,3-7,9H2,1-2H3,(H,17,19)(H,18,20). The first-order valence-corrected chi connectivity index (χ1v) is 9.64. The van der Waals surface area contributed by atoms with E-state index in [0.717, 1.165) is 6.42 Å². The van der Waals surface area contributed by atoms with E-state index in [-0.39, 0.29) is 11.8 Å². The third kappa shape index (κ3) is 3.18. The lowest BCUT2D eigenvalue weighted by Crippen LogP contribution is -2.57. The molecule has 6 heteroatoms. The van der Waals surface area contributed by atoms with E-state index in [1.165, 1.54) is 35.3 Å². The van der Waals surface area contributed by atoms with Gasteiger partial charge in [-0.1, -0.05) is 0 Å². The van der Waals surface area contributed by atoms with Gasteiger partial charge in [0.2, 0.25) is 11.8 Å². The number of fused-ring (bicyclic) bond motifs is 1. The Morgan fingerprint density at radius 1 is 1.41 bits per heavy atom. The van der Waals surface area contributed by atoms with Crippen LogP contribution in [0.4, 0.5) is 0 Å². The highest BCUT2D eigenvalue weighted by Crippen LogP contribution is 2.31. The topological polar surface area (TPSA) is 58.2 Å². The van der Waals surface area contributed by atoms with E-state index >= 15 is 0 Å². The molecule has 1 fully saturated rings. The molecule has 1 aliphatic heterocycles. The molecule has 1 saturated heterocycles. The molecular weight excluding hydrogens is 316 g/mol. The number of hydrogen-bond donors (Lipinski definition) is 2. The zero-order chi connectivity index (χ0) is 15.7. The summed E-state index contributed by atoms with van der Waals surface area (Å²) in [5.74, 6) is 0.496. The Morgan fingerprint density at radius 3 is 2.95 bits per heavy atom. The quantitative estimate of drug-likeness (QED) is 0.889. The monoisotopic (exact) mass is 338 g/mol. The van der Waals surface area contributed by atoms with Crippen molar-refractivity contribution in [2.75, 3.05) is 5.75 Å². The molecule has 1 unspecified atom stereocenters. The third-order valence-electron chi connectivity index (χ3n) is 4.38. The van der Waals surface area contributed by atoms with Gasteiger partial charge in [0, 0.05) is 17.2 Å². The van der Waals surface area contributed by atoms with Crippen molar-refractivity contribution >= 4 is 34.9 Å². The fraction of sp³-hybridized carbons (Fsp3) is 0.625. The van der Waals surface area contributed by atoms with Gasteiger partial charge in [-0.15, -0.1) is 23.1 Å².